The zero-order valence-electron chi connectivity index (χ0n) is 17.5. The maximum atomic E-state index is 13.7. The van der Waals surface area contributed by atoms with E-state index in [2.05, 4.69) is 9.88 Å². The smallest absolute Gasteiger partial charge is 0.260 e. The van der Waals surface area contributed by atoms with Crippen LogP contribution in [0.25, 0.3) is 10.2 Å². The number of halogens is 1. The van der Waals surface area contributed by atoms with Crippen molar-refractivity contribution in [2.45, 2.75) is 0 Å². The molecule has 164 valence electrons. The van der Waals surface area contributed by atoms with Gasteiger partial charge in [0.25, 0.3) is 5.91 Å². The summed E-state index contributed by atoms with van der Waals surface area (Å²) in [6.45, 7) is 4.16. The third-order valence-electron chi connectivity index (χ3n) is 5.19. The number of hydrogen-bond acceptors (Lipinski definition) is 7. The average Bonchev–Trinajstić information content (AvgIpc) is 3.22. The van der Waals surface area contributed by atoms with Gasteiger partial charge in [0.15, 0.2) is 16.6 Å². The molecule has 0 bridgehead atoms. The number of hydrogen-bond donors (Lipinski definition) is 0. The Morgan fingerprint density at radius 2 is 1.94 bits per heavy atom. The number of rotatable bonds is 7. The molecule has 9 heteroatoms. The average molecular weight is 446 g/mol. The summed E-state index contributed by atoms with van der Waals surface area (Å²) in [5.74, 6) is 0.504. The topological polar surface area (TPSA) is 64.1 Å². The van der Waals surface area contributed by atoms with E-state index in [0.29, 0.717) is 58.7 Å². The van der Waals surface area contributed by atoms with Crippen LogP contribution in [0.4, 0.5) is 9.52 Å². The van der Waals surface area contributed by atoms with Gasteiger partial charge in [-0.2, -0.15) is 0 Å². The molecule has 7 nitrogen and oxygen atoms in total. The van der Waals surface area contributed by atoms with Crippen molar-refractivity contribution in [3.05, 3.63) is 47.8 Å². The van der Waals surface area contributed by atoms with Crippen molar-refractivity contribution in [1.29, 1.82) is 0 Å². The van der Waals surface area contributed by atoms with Crippen LogP contribution in [-0.4, -0.2) is 69.4 Å². The van der Waals surface area contributed by atoms with Crippen LogP contribution in [0.5, 0.6) is 11.5 Å². The highest BCUT2D eigenvalue weighted by Gasteiger charge is 2.24. The molecule has 0 saturated carbocycles. The molecule has 1 aromatic heterocycles. The Kier molecular flexibility index (Phi) is 6.64. The number of carbonyl (C=O) groups excluding carboxylic acids is 1. The maximum Gasteiger partial charge on any atom is 0.260 e. The molecule has 2 heterocycles. The van der Waals surface area contributed by atoms with E-state index in [0.717, 1.165) is 13.1 Å². The fourth-order valence-corrected chi connectivity index (χ4v) is 4.49. The molecule has 0 spiro atoms. The predicted molar refractivity (Wildman–Crippen MR) is 118 cm³/mol. The van der Waals surface area contributed by atoms with Gasteiger partial charge in [0.1, 0.15) is 5.82 Å². The number of thiazole rings is 1. The van der Waals surface area contributed by atoms with Crippen molar-refractivity contribution in [2.75, 3.05) is 58.5 Å². The van der Waals surface area contributed by atoms with Gasteiger partial charge in [0.05, 0.1) is 37.6 Å². The lowest BCUT2D eigenvalue weighted by atomic mass is 10.1. The Morgan fingerprint density at radius 3 is 2.68 bits per heavy atom. The van der Waals surface area contributed by atoms with Crippen LogP contribution in [0.2, 0.25) is 0 Å². The summed E-state index contributed by atoms with van der Waals surface area (Å²) < 4.78 is 30.4. The summed E-state index contributed by atoms with van der Waals surface area (Å²) in [7, 11) is 3.08. The molecule has 0 unspecified atom stereocenters. The number of fused-ring (bicyclic) bond motifs is 1. The molecule has 1 aliphatic heterocycles. The number of carbonyl (C=O) groups is 1. The number of morpholine rings is 1. The number of ether oxygens (including phenoxy) is 3. The highest BCUT2D eigenvalue weighted by molar-refractivity contribution is 7.22. The molecule has 0 radical (unpaired) electrons. The number of benzene rings is 2. The molecule has 1 aliphatic rings. The zero-order chi connectivity index (χ0) is 21.8. The molecule has 1 fully saturated rings. The fraction of sp³-hybridized carbons (Fsp3) is 0.364. The second-order valence-corrected chi connectivity index (χ2v) is 8.10. The van der Waals surface area contributed by atoms with E-state index in [4.69, 9.17) is 14.2 Å². The molecule has 0 aliphatic carbocycles. The Hall–Kier alpha value is -2.75. The standard InChI is InChI=1S/C22H24FN3O4S/c1-28-18-6-3-15(13-19(18)29-2)21(27)26(8-7-25-9-11-30-12-10-25)22-24-17-5-4-16(23)14-20(17)31-22/h3-6,13-14H,7-12H2,1-2H3. The summed E-state index contributed by atoms with van der Waals surface area (Å²) in [5, 5.41) is 0.536. The van der Waals surface area contributed by atoms with Gasteiger partial charge in [-0.15, -0.1) is 0 Å². The second kappa shape index (κ2) is 9.59. The van der Waals surface area contributed by atoms with E-state index in [-0.39, 0.29) is 11.7 Å². The van der Waals surface area contributed by atoms with Gasteiger partial charge < -0.3 is 14.2 Å². The molecule has 31 heavy (non-hydrogen) atoms. The highest BCUT2D eigenvalue weighted by atomic mass is 32.1. The minimum absolute atomic E-state index is 0.200. The first-order valence-corrected chi connectivity index (χ1v) is 10.8. The number of anilines is 1. The van der Waals surface area contributed by atoms with Gasteiger partial charge in [0, 0.05) is 31.7 Å². The van der Waals surface area contributed by atoms with Crippen LogP contribution in [0.1, 0.15) is 10.4 Å². The van der Waals surface area contributed by atoms with Crippen LogP contribution in [0, 0.1) is 5.82 Å². The van der Waals surface area contributed by atoms with E-state index in [9.17, 15) is 9.18 Å². The van der Waals surface area contributed by atoms with E-state index >= 15 is 0 Å². The van der Waals surface area contributed by atoms with Crippen LogP contribution < -0.4 is 14.4 Å². The van der Waals surface area contributed by atoms with Crippen molar-refractivity contribution >= 4 is 32.6 Å². The van der Waals surface area contributed by atoms with Crippen molar-refractivity contribution in [3.8, 4) is 11.5 Å². The lowest BCUT2D eigenvalue weighted by molar-refractivity contribution is 0.0391. The quantitative estimate of drug-likeness (QED) is 0.555. The van der Waals surface area contributed by atoms with E-state index < -0.39 is 0 Å². The summed E-state index contributed by atoms with van der Waals surface area (Å²) >= 11 is 1.30. The number of aromatic nitrogens is 1. The molecule has 2 aromatic carbocycles. The molecule has 3 aromatic rings. The molecule has 0 N–H and O–H groups in total. The van der Waals surface area contributed by atoms with Crippen LogP contribution in [0.15, 0.2) is 36.4 Å². The Labute approximate surface area is 183 Å². The highest BCUT2D eigenvalue weighted by Crippen LogP contribution is 2.32. The van der Waals surface area contributed by atoms with Crippen molar-refractivity contribution in [3.63, 3.8) is 0 Å². The number of methoxy groups -OCH3 is 2. The molecule has 4 rings (SSSR count). The molecular weight excluding hydrogens is 421 g/mol. The first kappa shape index (κ1) is 21.5. The summed E-state index contributed by atoms with van der Waals surface area (Å²) in [6.07, 6.45) is 0. The minimum atomic E-state index is -0.325. The van der Waals surface area contributed by atoms with Gasteiger partial charge in [-0.05, 0) is 36.4 Å². The van der Waals surface area contributed by atoms with E-state index in [1.54, 1.807) is 36.3 Å². The molecule has 0 atom stereocenters. The Bertz CT molecular complexity index is 1070. The van der Waals surface area contributed by atoms with Crippen LogP contribution >= 0.6 is 11.3 Å². The van der Waals surface area contributed by atoms with Gasteiger partial charge in [0.2, 0.25) is 0 Å². The van der Waals surface area contributed by atoms with Gasteiger partial charge in [-0.1, -0.05) is 11.3 Å². The first-order valence-electron chi connectivity index (χ1n) is 9.99. The first-order chi connectivity index (χ1) is 15.1. The largest absolute Gasteiger partial charge is 0.493 e. The lowest BCUT2D eigenvalue weighted by Crippen LogP contribution is -2.43. The van der Waals surface area contributed by atoms with Crippen molar-refractivity contribution in [2.24, 2.45) is 0 Å². The fourth-order valence-electron chi connectivity index (χ4n) is 3.48. The van der Waals surface area contributed by atoms with Crippen LogP contribution in [-0.2, 0) is 4.74 Å². The minimum Gasteiger partial charge on any atom is -0.493 e. The molecular formula is C22H24FN3O4S. The Balaban J connectivity index is 1.65. The van der Waals surface area contributed by atoms with E-state index in [1.807, 2.05) is 0 Å². The lowest BCUT2D eigenvalue weighted by Gasteiger charge is -2.29. The Morgan fingerprint density at radius 1 is 1.16 bits per heavy atom. The van der Waals surface area contributed by atoms with Crippen molar-refractivity contribution in [1.82, 2.24) is 9.88 Å². The SMILES string of the molecule is COc1ccc(C(=O)N(CCN2CCOCC2)c2nc3ccc(F)cc3s2)cc1OC. The van der Waals surface area contributed by atoms with Crippen molar-refractivity contribution < 1.29 is 23.4 Å². The van der Waals surface area contributed by atoms with E-state index in [1.165, 1.54) is 30.6 Å². The maximum absolute atomic E-state index is 13.7. The molecule has 1 amide bonds. The third-order valence-corrected chi connectivity index (χ3v) is 6.23. The number of nitrogens with zero attached hydrogens (tertiary/aromatic N) is 3. The second-order valence-electron chi connectivity index (χ2n) is 7.09. The van der Waals surface area contributed by atoms with Crippen LogP contribution in [0.3, 0.4) is 0 Å². The zero-order valence-corrected chi connectivity index (χ0v) is 18.3. The van der Waals surface area contributed by atoms with Gasteiger partial charge in [-0.3, -0.25) is 14.6 Å². The summed E-state index contributed by atoms with van der Waals surface area (Å²) in [5.41, 5.74) is 1.13. The normalized spacial score (nSPS) is 14.5. The monoisotopic (exact) mass is 445 g/mol. The van der Waals surface area contributed by atoms with Gasteiger partial charge in [-0.25, -0.2) is 9.37 Å². The number of amides is 1. The predicted octanol–water partition coefficient (Wildman–Crippen LogP) is 3.43. The third kappa shape index (κ3) is 4.79. The van der Waals surface area contributed by atoms with Gasteiger partial charge >= 0.3 is 0 Å². The molecule has 1 saturated heterocycles. The summed E-state index contributed by atoms with van der Waals surface area (Å²) in [6, 6.07) is 9.53. The summed E-state index contributed by atoms with van der Waals surface area (Å²) in [4.78, 5) is 22.0.